The third-order valence-corrected chi connectivity index (χ3v) is 4.47. The standard InChI is InChI=1S/C17H27BrN4/c1-13(2)10-20-17(19-3)21-11-14-8-9-22(12-14)16-6-4-15(18)5-7-16/h4-7,13-14H,8-12H2,1-3H3,(H2,19,20,21). The molecular formula is C17H27BrN4. The molecule has 0 spiro atoms. The fourth-order valence-corrected chi connectivity index (χ4v) is 2.91. The fraction of sp³-hybridized carbons (Fsp3) is 0.588. The van der Waals surface area contributed by atoms with Crippen molar-refractivity contribution in [3.63, 3.8) is 0 Å². The van der Waals surface area contributed by atoms with E-state index in [0.29, 0.717) is 11.8 Å². The minimum absolute atomic E-state index is 0.623. The summed E-state index contributed by atoms with van der Waals surface area (Å²) in [6.45, 7) is 8.57. The Morgan fingerprint density at radius 1 is 1.32 bits per heavy atom. The van der Waals surface area contributed by atoms with Crippen LogP contribution in [0.5, 0.6) is 0 Å². The van der Waals surface area contributed by atoms with Gasteiger partial charge in [-0.2, -0.15) is 0 Å². The number of anilines is 1. The number of benzene rings is 1. The van der Waals surface area contributed by atoms with Crippen LogP contribution >= 0.6 is 15.9 Å². The van der Waals surface area contributed by atoms with Crippen molar-refractivity contribution in [2.75, 3.05) is 38.1 Å². The van der Waals surface area contributed by atoms with Crippen LogP contribution in [0.3, 0.4) is 0 Å². The van der Waals surface area contributed by atoms with Crippen LogP contribution < -0.4 is 15.5 Å². The van der Waals surface area contributed by atoms with Gasteiger partial charge in [-0.05, 0) is 42.5 Å². The molecule has 1 fully saturated rings. The van der Waals surface area contributed by atoms with Gasteiger partial charge < -0.3 is 15.5 Å². The monoisotopic (exact) mass is 366 g/mol. The van der Waals surface area contributed by atoms with E-state index >= 15 is 0 Å². The van der Waals surface area contributed by atoms with E-state index in [9.17, 15) is 0 Å². The minimum atomic E-state index is 0.623. The molecule has 1 unspecified atom stereocenters. The first-order chi connectivity index (χ1) is 10.6. The molecule has 1 aliphatic rings. The molecule has 1 atom stereocenters. The summed E-state index contributed by atoms with van der Waals surface area (Å²) in [6, 6.07) is 8.59. The van der Waals surface area contributed by atoms with Crippen LogP contribution in [0.15, 0.2) is 33.7 Å². The van der Waals surface area contributed by atoms with Crippen molar-refractivity contribution in [3.05, 3.63) is 28.7 Å². The summed E-state index contributed by atoms with van der Waals surface area (Å²) < 4.78 is 1.13. The van der Waals surface area contributed by atoms with Crippen LogP contribution in [0.25, 0.3) is 0 Å². The van der Waals surface area contributed by atoms with E-state index < -0.39 is 0 Å². The molecule has 0 aromatic heterocycles. The van der Waals surface area contributed by atoms with Crippen LogP contribution in [-0.4, -0.2) is 39.2 Å². The lowest BCUT2D eigenvalue weighted by Crippen LogP contribution is -2.41. The number of guanidine groups is 1. The van der Waals surface area contributed by atoms with Crippen LogP contribution in [-0.2, 0) is 0 Å². The highest BCUT2D eigenvalue weighted by Gasteiger charge is 2.22. The van der Waals surface area contributed by atoms with E-state index in [1.54, 1.807) is 0 Å². The Morgan fingerprint density at radius 3 is 2.68 bits per heavy atom. The number of aliphatic imine (C=N–C) groups is 1. The van der Waals surface area contributed by atoms with Crippen molar-refractivity contribution in [3.8, 4) is 0 Å². The molecule has 2 N–H and O–H groups in total. The second-order valence-corrected chi connectivity index (χ2v) is 7.22. The van der Waals surface area contributed by atoms with Gasteiger partial charge in [0.2, 0.25) is 0 Å². The second-order valence-electron chi connectivity index (χ2n) is 6.30. The number of hydrogen-bond acceptors (Lipinski definition) is 2. The summed E-state index contributed by atoms with van der Waals surface area (Å²) in [4.78, 5) is 6.74. The first kappa shape index (κ1) is 17.1. The first-order valence-electron chi connectivity index (χ1n) is 8.03. The van der Waals surface area contributed by atoms with E-state index in [2.05, 4.69) is 74.6 Å². The molecule has 4 nitrogen and oxygen atoms in total. The Morgan fingerprint density at radius 2 is 2.05 bits per heavy atom. The molecule has 1 aliphatic heterocycles. The lowest BCUT2D eigenvalue weighted by Gasteiger charge is -2.20. The SMILES string of the molecule is CN=C(NCC(C)C)NCC1CCN(c2ccc(Br)cc2)C1. The summed E-state index contributed by atoms with van der Waals surface area (Å²) in [6.07, 6.45) is 1.23. The molecule has 1 heterocycles. The average Bonchev–Trinajstić information content (AvgIpc) is 2.97. The molecule has 0 saturated carbocycles. The zero-order valence-electron chi connectivity index (χ0n) is 13.8. The van der Waals surface area contributed by atoms with Gasteiger partial charge in [0, 0.05) is 43.4 Å². The Hall–Kier alpha value is -1.23. The molecule has 0 bridgehead atoms. The molecule has 0 radical (unpaired) electrons. The first-order valence-corrected chi connectivity index (χ1v) is 8.83. The smallest absolute Gasteiger partial charge is 0.190 e. The summed E-state index contributed by atoms with van der Waals surface area (Å²) in [5.41, 5.74) is 1.31. The van der Waals surface area contributed by atoms with Crippen LogP contribution in [0.4, 0.5) is 5.69 Å². The van der Waals surface area contributed by atoms with Gasteiger partial charge in [0.25, 0.3) is 0 Å². The van der Waals surface area contributed by atoms with Crippen LogP contribution in [0.2, 0.25) is 0 Å². The number of nitrogens with one attached hydrogen (secondary N) is 2. The highest BCUT2D eigenvalue weighted by molar-refractivity contribution is 9.10. The van der Waals surface area contributed by atoms with Gasteiger partial charge >= 0.3 is 0 Å². The summed E-state index contributed by atoms with van der Waals surface area (Å²) >= 11 is 3.49. The third kappa shape index (κ3) is 5.20. The van der Waals surface area contributed by atoms with Gasteiger partial charge in [-0.25, -0.2) is 0 Å². The van der Waals surface area contributed by atoms with E-state index in [1.165, 1.54) is 12.1 Å². The van der Waals surface area contributed by atoms with Crippen molar-refractivity contribution < 1.29 is 0 Å². The lowest BCUT2D eigenvalue weighted by molar-refractivity contribution is 0.557. The maximum atomic E-state index is 4.28. The van der Waals surface area contributed by atoms with Crippen LogP contribution in [0.1, 0.15) is 20.3 Å². The predicted molar refractivity (Wildman–Crippen MR) is 98.7 cm³/mol. The maximum absolute atomic E-state index is 4.28. The predicted octanol–water partition coefficient (Wildman–Crippen LogP) is 3.10. The lowest BCUT2D eigenvalue weighted by atomic mass is 10.1. The number of nitrogens with zero attached hydrogens (tertiary/aromatic N) is 2. The quantitative estimate of drug-likeness (QED) is 0.621. The molecule has 0 aliphatic carbocycles. The molecule has 1 aromatic carbocycles. The molecule has 1 saturated heterocycles. The van der Waals surface area contributed by atoms with Crippen molar-refractivity contribution in [1.29, 1.82) is 0 Å². The van der Waals surface area contributed by atoms with Crippen LogP contribution in [0, 0.1) is 11.8 Å². The van der Waals surface area contributed by atoms with Gasteiger partial charge in [0.05, 0.1) is 0 Å². The third-order valence-electron chi connectivity index (χ3n) is 3.94. The Balaban J connectivity index is 1.77. The van der Waals surface area contributed by atoms with Gasteiger partial charge in [-0.3, -0.25) is 4.99 Å². The molecule has 22 heavy (non-hydrogen) atoms. The fourth-order valence-electron chi connectivity index (χ4n) is 2.65. The highest BCUT2D eigenvalue weighted by atomic mass is 79.9. The van der Waals surface area contributed by atoms with Gasteiger partial charge in [-0.1, -0.05) is 29.8 Å². The van der Waals surface area contributed by atoms with E-state index in [1.807, 2.05) is 7.05 Å². The topological polar surface area (TPSA) is 39.7 Å². The summed E-state index contributed by atoms with van der Waals surface area (Å²) in [7, 11) is 1.83. The number of halogens is 1. The molecule has 1 aromatic rings. The van der Waals surface area contributed by atoms with E-state index in [-0.39, 0.29) is 0 Å². The molecule has 2 rings (SSSR count). The number of rotatable bonds is 5. The van der Waals surface area contributed by atoms with E-state index in [0.717, 1.165) is 36.6 Å². The van der Waals surface area contributed by atoms with E-state index in [4.69, 9.17) is 0 Å². The summed E-state index contributed by atoms with van der Waals surface area (Å²) in [5.74, 6) is 2.20. The Labute approximate surface area is 142 Å². The van der Waals surface area contributed by atoms with Crippen molar-refractivity contribution >= 4 is 27.6 Å². The molecule has 0 amide bonds. The zero-order valence-corrected chi connectivity index (χ0v) is 15.4. The Bertz CT molecular complexity index is 484. The van der Waals surface area contributed by atoms with Gasteiger partial charge in [0.15, 0.2) is 5.96 Å². The largest absolute Gasteiger partial charge is 0.371 e. The highest BCUT2D eigenvalue weighted by Crippen LogP contribution is 2.24. The average molecular weight is 367 g/mol. The maximum Gasteiger partial charge on any atom is 0.190 e. The molecular weight excluding hydrogens is 340 g/mol. The minimum Gasteiger partial charge on any atom is -0.371 e. The second kappa shape index (κ2) is 8.42. The number of hydrogen-bond donors (Lipinski definition) is 2. The Kier molecular flexibility index (Phi) is 6.55. The van der Waals surface area contributed by atoms with Gasteiger partial charge in [0.1, 0.15) is 0 Å². The van der Waals surface area contributed by atoms with Crippen molar-refractivity contribution in [2.45, 2.75) is 20.3 Å². The van der Waals surface area contributed by atoms with Crippen molar-refractivity contribution in [1.82, 2.24) is 10.6 Å². The molecule has 5 heteroatoms. The van der Waals surface area contributed by atoms with Gasteiger partial charge in [-0.15, -0.1) is 0 Å². The molecule has 122 valence electrons. The van der Waals surface area contributed by atoms with Crippen molar-refractivity contribution in [2.24, 2.45) is 16.8 Å². The summed E-state index contributed by atoms with van der Waals surface area (Å²) in [5, 5.41) is 6.81. The zero-order chi connectivity index (χ0) is 15.9. The normalized spacial score (nSPS) is 18.9.